The first-order valence-corrected chi connectivity index (χ1v) is 6.28. The van der Waals surface area contributed by atoms with Crippen molar-refractivity contribution in [1.29, 1.82) is 0 Å². The lowest BCUT2D eigenvalue weighted by atomic mass is 10.0. The van der Waals surface area contributed by atoms with E-state index in [2.05, 4.69) is 47.2 Å². The minimum Gasteiger partial charge on any atom is -0.255 e. The Bertz CT molecular complexity index is 690. The number of pyridine rings is 2. The van der Waals surface area contributed by atoms with Crippen LogP contribution >= 0.6 is 0 Å². The summed E-state index contributed by atoms with van der Waals surface area (Å²) in [6.07, 6.45) is 3.60. The fourth-order valence-corrected chi connectivity index (χ4v) is 2.16. The average molecular weight is 246 g/mol. The second kappa shape index (κ2) is 5.02. The summed E-state index contributed by atoms with van der Waals surface area (Å²) in [4.78, 5) is 8.89. The highest BCUT2D eigenvalue weighted by Gasteiger charge is 2.08. The Labute approximate surface area is 112 Å². The van der Waals surface area contributed by atoms with Gasteiger partial charge in [-0.2, -0.15) is 0 Å². The van der Waals surface area contributed by atoms with E-state index < -0.39 is 0 Å². The predicted octanol–water partition coefficient (Wildman–Crippen LogP) is 4.12. The predicted molar refractivity (Wildman–Crippen MR) is 77.6 cm³/mol. The van der Waals surface area contributed by atoms with E-state index in [0.717, 1.165) is 17.0 Å². The lowest BCUT2D eigenvalue weighted by molar-refractivity contribution is 1.25. The van der Waals surface area contributed by atoms with Crippen LogP contribution in [0.1, 0.15) is 5.56 Å². The molecule has 0 spiro atoms. The van der Waals surface area contributed by atoms with Crippen molar-refractivity contribution in [3.05, 3.63) is 72.6 Å². The Morgan fingerprint density at radius 2 is 1.68 bits per heavy atom. The van der Waals surface area contributed by atoms with Gasteiger partial charge in [0.05, 0.1) is 11.4 Å². The van der Waals surface area contributed by atoms with Crippen molar-refractivity contribution in [2.45, 2.75) is 6.92 Å². The van der Waals surface area contributed by atoms with Crippen molar-refractivity contribution in [2.75, 3.05) is 0 Å². The molecule has 3 aromatic rings. The second-order valence-electron chi connectivity index (χ2n) is 4.48. The average Bonchev–Trinajstić information content (AvgIpc) is 2.48. The summed E-state index contributed by atoms with van der Waals surface area (Å²) in [6, 6.07) is 18.4. The molecule has 0 aliphatic carbocycles. The van der Waals surface area contributed by atoms with Gasteiger partial charge in [0.1, 0.15) is 0 Å². The number of benzene rings is 1. The minimum atomic E-state index is 0.902. The molecule has 3 rings (SSSR count). The van der Waals surface area contributed by atoms with Gasteiger partial charge in [-0.25, -0.2) is 0 Å². The molecule has 0 saturated carbocycles. The Hall–Kier alpha value is -2.48. The molecule has 0 fully saturated rings. The van der Waals surface area contributed by atoms with Crippen LogP contribution in [0, 0.1) is 6.92 Å². The summed E-state index contributed by atoms with van der Waals surface area (Å²) in [5.41, 5.74) is 5.36. The molecule has 2 aromatic heterocycles. The highest BCUT2D eigenvalue weighted by Crippen LogP contribution is 2.29. The van der Waals surface area contributed by atoms with E-state index in [1.54, 1.807) is 6.20 Å². The molecular formula is C17H14N2. The van der Waals surface area contributed by atoms with Crippen LogP contribution in [0.25, 0.3) is 22.5 Å². The number of aromatic nitrogens is 2. The van der Waals surface area contributed by atoms with Crippen molar-refractivity contribution in [2.24, 2.45) is 0 Å². The molecule has 0 bridgehead atoms. The van der Waals surface area contributed by atoms with Crippen LogP contribution in [-0.2, 0) is 0 Å². The molecule has 0 radical (unpaired) electrons. The van der Waals surface area contributed by atoms with Gasteiger partial charge in [-0.15, -0.1) is 0 Å². The van der Waals surface area contributed by atoms with Gasteiger partial charge >= 0.3 is 0 Å². The van der Waals surface area contributed by atoms with E-state index in [9.17, 15) is 0 Å². The summed E-state index contributed by atoms with van der Waals surface area (Å²) in [5, 5.41) is 0. The van der Waals surface area contributed by atoms with E-state index in [1.165, 1.54) is 11.1 Å². The zero-order chi connectivity index (χ0) is 13.1. The molecule has 0 atom stereocenters. The molecule has 2 heterocycles. The molecule has 0 N–H and O–H groups in total. The molecule has 0 amide bonds. The first-order valence-electron chi connectivity index (χ1n) is 6.28. The molecule has 19 heavy (non-hydrogen) atoms. The van der Waals surface area contributed by atoms with E-state index in [0.29, 0.717) is 0 Å². The Kier molecular flexibility index (Phi) is 3.07. The van der Waals surface area contributed by atoms with E-state index in [4.69, 9.17) is 0 Å². The van der Waals surface area contributed by atoms with Crippen LogP contribution in [0.15, 0.2) is 67.0 Å². The van der Waals surface area contributed by atoms with Crippen molar-refractivity contribution in [3.8, 4) is 22.5 Å². The fraction of sp³-hybridized carbons (Fsp3) is 0.0588. The number of rotatable bonds is 2. The fourth-order valence-electron chi connectivity index (χ4n) is 2.16. The van der Waals surface area contributed by atoms with Gasteiger partial charge in [-0.3, -0.25) is 9.97 Å². The Morgan fingerprint density at radius 3 is 2.47 bits per heavy atom. The van der Waals surface area contributed by atoms with Crippen LogP contribution in [0.4, 0.5) is 0 Å². The molecule has 2 nitrogen and oxygen atoms in total. The van der Waals surface area contributed by atoms with Gasteiger partial charge in [0.25, 0.3) is 0 Å². The van der Waals surface area contributed by atoms with Crippen LogP contribution in [-0.4, -0.2) is 9.97 Å². The maximum absolute atomic E-state index is 4.49. The summed E-state index contributed by atoms with van der Waals surface area (Å²) < 4.78 is 0. The number of hydrogen-bond acceptors (Lipinski definition) is 2. The normalized spacial score (nSPS) is 10.4. The number of hydrogen-bond donors (Lipinski definition) is 0. The van der Waals surface area contributed by atoms with Crippen LogP contribution in [0.5, 0.6) is 0 Å². The minimum absolute atomic E-state index is 0.902. The summed E-state index contributed by atoms with van der Waals surface area (Å²) in [7, 11) is 0. The molecule has 0 aliphatic rings. The first-order chi connectivity index (χ1) is 9.34. The van der Waals surface area contributed by atoms with Gasteiger partial charge in [-0.05, 0) is 30.7 Å². The Morgan fingerprint density at radius 1 is 0.789 bits per heavy atom. The lowest BCUT2D eigenvalue weighted by Gasteiger charge is -2.08. The van der Waals surface area contributed by atoms with Crippen LogP contribution in [0.2, 0.25) is 0 Å². The van der Waals surface area contributed by atoms with Crippen molar-refractivity contribution in [3.63, 3.8) is 0 Å². The summed E-state index contributed by atoms with van der Waals surface area (Å²) in [6.45, 7) is 2.10. The largest absolute Gasteiger partial charge is 0.255 e. The van der Waals surface area contributed by atoms with E-state index in [1.807, 2.05) is 30.5 Å². The molecule has 92 valence electrons. The van der Waals surface area contributed by atoms with Gasteiger partial charge in [0.2, 0.25) is 0 Å². The summed E-state index contributed by atoms with van der Waals surface area (Å²) >= 11 is 0. The highest BCUT2D eigenvalue weighted by molar-refractivity contribution is 5.79. The van der Waals surface area contributed by atoms with Gasteiger partial charge in [-0.1, -0.05) is 42.0 Å². The zero-order valence-corrected chi connectivity index (χ0v) is 10.7. The number of aryl methyl sites for hydroxylation is 1. The van der Waals surface area contributed by atoms with Crippen LogP contribution < -0.4 is 0 Å². The maximum atomic E-state index is 4.49. The third-order valence-electron chi connectivity index (χ3n) is 3.04. The number of nitrogens with zero attached hydrogens (tertiary/aromatic N) is 2. The molecule has 0 aliphatic heterocycles. The van der Waals surface area contributed by atoms with Gasteiger partial charge < -0.3 is 0 Å². The van der Waals surface area contributed by atoms with Crippen LogP contribution in [0.3, 0.4) is 0 Å². The molecular weight excluding hydrogens is 232 g/mol. The molecule has 2 heteroatoms. The van der Waals surface area contributed by atoms with Crippen molar-refractivity contribution < 1.29 is 0 Å². The van der Waals surface area contributed by atoms with Gasteiger partial charge in [0.15, 0.2) is 0 Å². The second-order valence-corrected chi connectivity index (χ2v) is 4.48. The zero-order valence-electron chi connectivity index (χ0n) is 10.7. The third-order valence-corrected chi connectivity index (χ3v) is 3.04. The SMILES string of the molecule is Cc1cccc(-c2cccnc2-c2ccccn2)c1. The highest BCUT2D eigenvalue weighted by atomic mass is 14.8. The molecule has 0 saturated heterocycles. The third kappa shape index (κ3) is 2.38. The van der Waals surface area contributed by atoms with Crippen molar-refractivity contribution >= 4 is 0 Å². The smallest absolute Gasteiger partial charge is 0.0964 e. The van der Waals surface area contributed by atoms with E-state index in [-0.39, 0.29) is 0 Å². The van der Waals surface area contributed by atoms with Crippen molar-refractivity contribution in [1.82, 2.24) is 9.97 Å². The molecule has 0 unspecified atom stereocenters. The van der Waals surface area contributed by atoms with E-state index >= 15 is 0 Å². The standard InChI is InChI=1S/C17H14N2/c1-13-6-4-7-14(12-13)15-8-5-11-19-17(15)16-9-2-3-10-18-16/h2-12H,1H3. The Balaban J connectivity index is 2.18. The lowest BCUT2D eigenvalue weighted by Crippen LogP contribution is -1.91. The topological polar surface area (TPSA) is 25.8 Å². The first kappa shape index (κ1) is 11.6. The molecule has 1 aromatic carbocycles. The van der Waals surface area contributed by atoms with Gasteiger partial charge in [0, 0.05) is 18.0 Å². The quantitative estimate of drug-likeness (QED) is 0.679. The monoisotopic (exact) mass is 246 g/mol. The summed E-state index contributed by atoms with van der Waals surface area (Å²) in [5.74, 6) is 0. The maximum Gasteiger partial charge on any atom is 0.0964 e.